The smallest absolute Gasteiger partial charge is 0.143 e. The highest BCUT2D eigenvalue weighted by Gasteiger charge is 2.21. The Hall–Kier alpha value is -5.95. The third-order valence-electron chi connectivity index (χ3n) is 8.91. The van der Waals surface area contributed by atoms with Crippen LogP contribution in [-0.4, -0.2) is 0 Å². The third kappa shape index (κ3) is 4.16. The van der Waals surface area contributed by atoms with Gasteiger partial charge in [-0.3, -0.25) is 0 Å². The maximum absolute atomic E-state index is 10.2. The van der Waals surface area contributed by atoms with Gasteiger partial charge in [-0.05, 0) is 63.7 Å². The minimum absolute atomic E-state index is 0.624. The van der Waals surface area contributed by atoms with Crippen molar-refractivity contribution >= 4 is 53.4 Å². The van der Waals surface area contributed by atoms with E-state index in [9.17, 15) is 5.26 Å². The first kappa shape index (κ1) is 26.5. The van der Waals surface area contributed by atoms with E-state index < -0.39 is 0 Å². The number of hydrogen-bond donors (Lipinski definition) is 0. The Bertz CT molecular complexity index is 2520. The lowest BCUT2D eigenvalue weighted by atomic mass is 9.85. The summed E-state index contributed by atoms with van der Waals surface area (Å²) in [5.41, 5.74) is 10.9. The number of rotatable bonds is 4. The molecule has 0 bridgehead atoms. The van der Waals surface area contributed by atoms with E-state index in [1.807, 2.05) is 53.8 Å². The zero-order valence-electron chi connectivity index (χ0n) is 24.7. The SMILES string of the molecule is N#Cc1cc(-c2ccccc2)cc(-c2c(-c3cccc4c3oc3ccccc34)cccc2-c2cccc3c2sc2ccccc23)c1. The van der Waals surface area contributed by atoms with Crippen molar-refractivity contribution < 1.29 is 4.42 Å². The van der Waals surface area contributed by atoms with Crippen LogP contribution in [0.1, 0.15) is 5.56 Å². The van der Waals surface area contributed by atoms with Gasteiger partial charge in [0.2, 0.25) is 0 Å². The maximum Gasteiger partial charge on any atom is 0.143 e. The summed E-state index contributed by atoms with van der Waals surface area (Å²) >= 11 is 1.83. The van der Waals surface area contributed by atoms with Crippen LogP contribution in [0.25, 0.3) is 86.6 Å². The third-order valence-corrected chi connectivity index (χ3v) is 10.1. The van der Waals surface area contributed by atoms with Gasteiger partial charge in [0.05, 0.1) is 11.6 Å². The van der Waals surface area contributed by atoms with Gasteiger partial charge in [-0.25, -0.2) is 0 Å². The molecule has 0 aliphatic carbocycles. The van der Waals surface area contributed by atoms with Crippen LogP contribution >= 0.6 is 11.3 Å². The van der Waals surface area contributed by atoms with Crippen LogP contribution in [0.5, 0.6) is 0 Å². The molecule has 9 aromatic rings. The lowest BCUT2D eigenvalue weighted by Crippen LogP contribution is -1.93. The Kier molecular flexibility index (Phi) is 6.09. The largest absolute Gasteiger partial charge is 0.455 e. The summed E-state index contributed by atoms with van der Waals surface area (Å²) in [6.45, 7) is 0. The van der Waals surface area contributed by atoms with Crippen LogP contribution < -0.4 is 0 Å². The molecule has 0 aliphatic rings. The van der Waals surface area contributed by atoms with Gasteiger partial charge in [-0.2, -0.15) is 5.26 Å². The van der Waals surface area contributed by atoms with Crippen LogP contribution in [0.2, 0.25) is 0 Å². The first-order valence-electron chi connectivity index (χ1n) is 15.3. The average molecular weight is 604 g/mol. The first-order valence-corrected chi connectivity index (χ1v) is 16.1. The molecule has 214 valence electrons. The monoisotopic (exact) mass is 603 g/mol. The van der Waals surface area contributed by atoms with Gasteiger partial charge in [0.25, 0.3) is 0 Å². The zero-order chi connectivity index (χ0) is 30.6. The molecule has 2 aromatic heterocycles. The minimum atomic E-state index is 0.624. The Morgan fingerprint density at radius 3 is 1.96 bits per heavy atom. The molecule has 0 saturated heterocycles. The van der Waals surface area contributed by atoms with Gasteiger partial charge in [-0.1, -0.05) is 121 Å². The molecule has 2 nitrogen and oxygen atoms in total. The van der Waals surface area contributed by atoms with Crippen molar-refractivity contribution in [1.29, 1.82) is 5.26 Å². The fourth-order valence-corrected chi connectivity index (χ4v) is 8.09. The normalized spacial score (nSPS) is 11.5. The molecule has 0 spiro atoms. The second kappa shape index (κ2) is 10.6. The van der Waals surface area contributed by atoms with E-state index in [1.54, 1.807) is 0 Å². The summed E-state index contributed by atoms with van der Waals surface area (Å²) < 4.78 is 9.10. The van der Waals surface area contributed by atoms with Crippen molar-refractivity contribution in [3.63, 3.8) is 0 Å². The lowest BCUT2D eigenvalue weighted by Gasteiger charge is -2.18. The molecule has 0 unspecified atom stereocenters. The van der Waals surface area contributed by atoms with Gasteiger partial charge < -0.3 is 4.42 Å². The number of fused-ring (bicyclic) bond motifs is 6. The lowest BCUT2D eigenvalue weighted by molar-refractivity contribution is 0.670. The van der Waals surface area contributed by atoms with Crippen LogP contribution in [0.15, 0.2) is 156 Å². The molecule has 0 atom stereocenters. The molecule has 0 aliphatic heterocycles. The molecular formula is C43H25NOS. The van der Waals surface area contributed by atoms with Crippen molar-refractivity contribution in [2.75, 3.05) is 0 Å². The fourth-order valence-electron chi connectivity index (χ4n) is 6.86. The fraction of sp³-hybridized carbons (Fsp3) is 0. The maximum atomic E-state index is 10.2. The molecular weight excluding hydrogens is 579 g/mol. The van der Waals surface area contributed by atoms with Crippen LogP contribution in [-0.2, 0) is 0 Å². The van der Waals surface area contributed by atoms with E-state index >= 15 is 0 Å². The number of hydrogen-bond acceptors (Lipinski definition) is 3. The van der Waals surface area contributed by atoms with E-state index in [1.165, 1.54) is 25.7 Å². The van der Waals surface area contributed by atoms with Crippen molar-refractivity contribution in [3.05, 3.63) is 157 Å². The van der Waals surface area contributed by atoms with Crippen molar-refractivity contribution in [3.8, 4) is 50.6 Å². The highest BCUT2D eigenvalue weighted by molar-refractivity contribution is 7.26. The Morgan fingerprint density at radius 1 is 0.478 bits per heavy atom. The summed E-state index contributed by atoms with van der Waals surface area (Å²) in [5, 5.41) is 14.9. The molecule has 0 radical (unpaired) electrons. The number of para-hydroxylation sites is 2. The van der Waals surface area contributed by atoms with E-state index in [-0.39, 0.29) is 0 Å². The topological polar surface area (TPSA) is 36.9 Å². The number of nitrogens with zero attached hydrogens (tertiary/aromatic N) is 1. The first-order chi connectivity index (χ1) is 22.8. The number of furan rings is 1. The van der Waals surface area contributed by atoms with Crippen LogP contribution in [0.4, 0.5) is 0 Å². The van der Waals surface area contributed by atoms with Crippen molar-refractivity contribution in [2.45, 2.75) is 0 Å². The number of thiophene rings is 1. The van der Waals surface area contributed by atoms with E-state index in [4.69, 9.17) is 4.42 Å². The predicted octanol–water partition coefficient (Wildman–Crippen LogP) is 12.5. The quantitative estimate of drug-likeness (QED) is 0.201. The molecule has 0 fully saturated rings. The zero-order valence-corrected chi connectivity index (χ0v) is 25.5. The van der Waals surface area contributed by atoms with Gasteiger partial charge >= 0.3 is 0 Å². The van der Waals surface area contributed by atoms with E-state index in [0.717, 1.165) is 60.9 Å². The Morgan fingerprint density at radius 2 is 1.11 bits per heavy atom. The van der Waals surface area contributed by atoms with Crippen LogP contribution in [0.3, 0.4) is 0 Å². The molecule has 2 heterocycles. The van der Waals surface area contributed by atoms with E-state index in [0.29, 0.717) is 5.56 Å². The highest BCUT2D eigenvalue weighted by atomic mass is 32.1. The van der Waals surface area contributed by atoms with Gasteiger partial charge in [-0.15, -0.1) is 11.3 Å². The summed E-state index contributed by atoms with van der Waals surface area (Å²) in [7, 11) is 0. The van der Waals surface area contributed by atoms with Crippen LogP contribution in [0, 0.1) is 11.3 Å². The predicted molar refractivity (Wildman–Crippen MR) is 193 cm³/mol. The molecule has 46 heavy (non-hydrogen) atoms. The summed E-state index contributed by atoms with van der Waals surface area (Å²) in [6, 6.07) is 55.4. The van der Waals surface area contributed by atoms with Crippen molar-refractivity contribution in [2.24, 2.45) is 0 Å². The second-order valence-corrected chi connectivity index (χ2v) is 12.6. The second-order valence-electron chi connectivity index (χ2n) is 11.6. The van der Waals surface area contributed by atoms with Crippen molar-refractivity contribution in [1.82, 2.24) is 0 Å². The standard InChI is InChI=1S/C43H25NOS/c44-26-27-23-29(28-11-2-1-3-12-28)25-30(24-27)41-33(36-18-9-17-35-31-13-4-6-21-39(31)45-42(35)36)15-8-16-34(41)38-20-10-19-37-32-14-5-7-22-40(32)46-43(37)38/h1-25H. The highest BCUT2D eigenvalue weighted by Crippen LogP contribution is 2.48. The molecule has 3 heteroatoms. The van der Waals surface area contributed by atoms with Gasteiger partial charge in [0.1, 0.15) is 11.2 Å². The van der Waals surface area contributed by atoms with Gasteiger partial charge in [0.15, 0.2) is 0 Å². The minimum Gasteiger partial charge on any atom is -0.455 e. The molecule has 9 rings (SSSR count). The molecule has 7 aromatic carbocycles. The Labute approximate surface area is 270 Å². The summed E-state index contributed by atoms with van der Waals surface area (Å²) in [4.78, 5) is 0. The molecule has 0 amide bonds. The number of benzene rings is 7. The Balaban J connectivity index is 1.40. The van der Waals surface area contributed by atoms with E-state index in [2.05, 4.69) is 115 Å². The summed E-state index contributed by atoms with van der Waals surface area (Å²) in [6.07, 6.45) is 0. The van der Waals surface area contributed by atoms with Gasteiger partial charge in [0, 0.05) is 42.1 Å². The summed E-state index contributed by atoms with van der Waals surface area (Å²) in [5.74, 6) is 0. The molecule has 0 N–H and O–H groups in total. The average Bonchev–Trinajstić information content (AvgIpc) is 3.70. The molecule has 0 saturated carbocycles. The number of nitriles is 1.